The molecule has 5 rings (SSSR count). The lowest BCUT2D eigenvalue weighted by molar-refractivity contribution is -0.245. The van der Waals surface area contributed by atoms with Gasteiger partial charge >= 0.3 is 5.97 Å². The maximum Gasteiger partial charge on any atom is 0.303 e. The first-order chi connectivity index (χ1) is 20.9. The van der Waals surface area contributed by atoms with Crippen LogP contribution in [-0.4, -0.2) is 59.3 Å². The lowest BCUT2D eigenvalue weighted by atomic mass is 10.0. The van der Waals surface area contributed by atoms with Crippen molar-refractivity contribution < 1.29 is 34.4 Å². The van der Waals surface area contributed by atoms with Gasteiger partial charge in [-0.3, -0.25) is 9.59 Å². The van der Waals surface area contributed by atoms with Crippen molar-refractivity contribution in [3.05, 3.63) is 89.5 Å². The number of aliphatic hydroxyl groups is 1. The van der Waals surface area contributed by atoms with Gasteiger partial charge in [-0.2, -0.15) is 4.68 Å². The number of nitrogens with one attached hydrogen (secondary N) is 1. The number of aliphatic hydroxyl groups excluding tert-OH is 1. The Morgan fingerprint density at radius 1 is 0.953 bits per heavy atom. The van der Waals surface area contributed by atoms with Gasteiger partial charge in [0.05, 0.1) is 24.5 Å². The van der Waals surface area contributed by atoms with Crippen LogP contribution in [0.5, 0.6) is 5.75 Å². The van der Waals surface area contributed by atoms with E-state index >= 15 is 0 Å². The Morgan fingerprint density at radius 2 is 1.67 bits per heavy atom. The highest BCUT2D eigenvalue weighted by Crippen LogP contribution is 2.39. The number of benzene rings is 3. The van der Waals surface area contributed by atoms with Crippen LogP contribution in [-0.2, 0) is 25.7 Å². The molecule has 1 amide bonds. The number of aromatic nitrogens is 4. The summed E-state index contributed by atoms with van der Waals surface area (Å²) in [6.45, 7) is -0.0466. The Bertz CT molecular complexity index is 1510. The van der Waals surface area contributed by atoms with Crippen molar-refractivity contribution in [1.29, 1.82) is 0 Å². The molecular formula is C30H31N5O7S. The first-order valence-electron chi connectivity index (χ1n) is 13.7. The molecule has 1 aliphatic rings. The number of hydrogen-bond donors (Lipinski definition) is 4. The number of rotatable bonds is 12. The van der Waals surface area contributed by atoms with Crippen LogP contribution in [0.4, 0.5) is 5.69 Å². The van der Waals surface area contributed by atoms with E-state index in [0.29, 0.717) is 28.7 Å². The molecule has 0 unspecified atom stereocenters. The Labute approximate surface area is 251 Å². The number of anilines is 1. The van der Waals surface area contributed by atoms with E-state index in [4.69, 9.17) is 14.6 Å². The third-order valence-corrected chi connectivity index (χ3v) is 7.86. The van der Waals surface area contributed by atoms with Crippen molar-refractivity contribution in [2.24, 2.45) is 0 Å². The SMILES string of the molecule is O=C(O)CCCC(=O)Nc1ccc([C@H]2O[C@@H](CSc3nnnn3-c3ccc(O)cc3)C[C@@H](c3ccc(CO)cc3)O2)cc1. The van der Waals surface area contributed by atoms with Crippen LogP contribution in [0.25, 0.3) is 5.69 Å². The zero-order valence-electron chi connectivity index (χ0n) is 23.1. The van der Waals surface area contributed by atoms with Gasteiger partial charge in [-0.15, -0.1) is 5.10 Å². The number of hydrogen-bond acceptors (Lipinski definition) is 10. The highest BCUT2D eigenvalue weighted by Gasteiger charge is 2.32. The number of carbonyl (C=O) groups excluding carboxylic acids is 1. The van der Waals surface area contributed by atoms with E-state index in [9.17, 15) is 19.8 Å². The molecule has 0 bridgehead atoms. The Morgan fingerprint density at radius 3 is 2.37 bits per heavy atom. The number of carboxylic acids is 1. The van der Waals surface area contributed by atoms with E-state index in [1.54, 1.807) is 41.1 Å². The molecule has 224 valence electrons. The number of ether oxygens (including phenoxy) is 2. The number of aromatic hydroxyl groups is 1. The summed E-state index contributed by atoms with van der Waals surface area (Å²) in [4.78, 5) is 22.9. The molecular weight excluding hydrogens is 574 g/mol. The number of aliphatic carboxylic acids is 1. The first kappa shape index (κ1) is 30.2. The van der Waals surface area contributed by atoms with E-state index in [0.717, 1.165) is 16.7 Å². The third-order valence-electron chi connectivity index (χ3n) is 6.81. The number of carboxylic acid groups (broad SMARTS) is 1. The second kappa shape index (κ2) is 14.2. The average molecular weight is 606 g/mol. The molecule has 13 heteroatoms. The van der Waals surface area contributed by atoms with Gasteiger partial charge in [-0.05, 0) is 64.4 Å². The number of nitrogens with zero attached hydrogens (tertiary/aromatic N) is 4. The number of amides is 1. The number of phenolic OH excluding ortho intramolecular Hbond substituents is 1. The number of carbonyl (C=O) groups is 2. The normalized spacial score (nSPS) is 18.3. The van der Waals surface area contributed by atoms with Gasteiger partial charge in [0, 0.05) is 36.3 Å². The van der Waals surface area contributed by atoms with Crippen molar-refractivity contribution in [1.82, 2.24) is 20.2 Å². The molecule has 3 atom stereocenters. The van der Waals surface area contributed by atoms with Gasteiger partial charge in [0.2, 0.25) is 11.1 Å². The maximum absolute atomic E-state index is 12.2. The molecule has 3 aromatic carbocycles. The fraction of sp³-hybridized carbons (Fsp3) is 0.300. The minimum absolute atomic E-state index is 0.0466. The van der Waals surface area contributed by atoms with Gasteiger partial charge in [0.1, 0.15) is 5.75 Å². The molecule has 12 nitrogen and oxygen atoms in total. The standard InChI is InChI=1S/C30H31N5O7S/c36-17-19-4-6-20(7-5-19)26-16-25(18-43-30-32-33-34-35(30)23-12-14-24(37)15-13-23)41-29(42-26)21-8-10-22(11-9-21)31-27(38)2-1-3-28(39)40/h4-15,25-26,29,36-37H,1-3,16-18H2,(H,31,38)(H,39,40)/t25-,26+,29+/m1/s1. The minimum atomic E-state index is -0.931. The molecule has 0 aliphatic carbocycles. The molecule has 0 saturated carbocycles. The van der Waals surface area contributed by atoms with Gasteiger partial charge < -0.3 is 30.1 Å². The molecule has 0 spiro atoms. The van der Waals surface area contributed by atoms with E-state index in [-0.39, 0.29) is 49.7 Å². The lowest BCUT2D eigenvalue weighted by Gasteiger charge is -2.36. The predicted octanol–water partition coefficient (Wildman–Crippen LogP) is 4.39. The summed E-state index contributed by atoms with van der Waals surface area (Å²) in [5.41, 5.74) is 3.83. The monoisotopic (exact) mass is 605 g/mol. The maximum atomic E-state index is 12.2. The first-order valence-corrected chi connectivity index (χ1v) is 14.7. The smallest absolute Gasteiger partial charge is 0.303 e. The second-order valence-electron chi connectivity index (χ2n) is 9.97. The summed E-state index contributed by atoms with van der Waals surface area (Å²) in [5, 5.41) is 43.3. The highest BCUT2D eigenvalue weighted by atomic mass is 32.2. The van der Waals surface area contributed by atoms with E-state index in [1.807, 2.05) is 36.4 Å². The van der Waals surface area contributed by atoms with Crippen LogP contribution < -0.4 is 5.32 Å². The number of phenols is 1. The van der Waals surface area contributed by atoms with Gasteiger partial charge in [-0.1, -0.05) is 48.2 Å². The summed E-state index contributed by atoms with van der Waals surface area (Å²) < 4.78 is 14.4. The largest absolute Gasteiger partial charge is 0.508 e. The topological polar surface area (TPSA) is 169 Å². The third kappa shape index (κ3) is 8.17. The van der Waals surface area contributed by atoms with Crippen LogP contribution in [0.1, 0.15) is 54.8 Å². The van der Waals surface area contributed by atoms with Crippen molar-refractivity contribution in [3.63, 3.8) is 0 Å². The van der Waals surface area contributed by atoms with E-state index < -0.39 is 12.3 Å². The van der Waals surface area contributed by atoms with Crippen molar-refractivity contribution in [3.8, 4) is 11.4 Å². The molecule has 1 aromatic heterocycles. The van der Waals surface area contributed by atoms with E-state index in [1.165, 1.54) is 11.8 Å². The molecule has 0 radical (unpaired) electrons. The Balaban J connectivity index is 1.29. The number of thioether (sulfide) groups is 1. The van der Waals surface area contributed by atoms with Crippen molar-refractivity contribution in [2.75, 3.05) is 11.1 Å². The van der Waals surface area contributed by atoms with Crippen molar-refractivity contribution >= 4 is 29.3 Å². The molecule has 43 heavy (non-hydrogen) atoms. The Hall–Kier alpha value is -4.30. The van der Waals surface area contributed by atoms with Crippen LogP contribution in [0.3, 0.4) is 0 Å². The summed E-state index contributed by atoms with van der Waals surface area (Å²) in [7, 11) is 0. The quantitative estimate of drug-likeness (QED) is 0.169. The minimum Gasteiger partial charge on any atom is -0.508 e. The van der Waals surface area contributed by atoms with Crippen molar-refractivity contribution in [2.45, 2.75) is 55.9 Å². The summed E-state index contributed by atoms with van der Waals surface area (Å²) >= 11 is 1.44. The average Bonchev–Trinajstić information content (AvgIpc) is 3.49. The van der Waals surface area contributed by atoms with Gasteiger partial charge in [-0.25, -0.2) is 0 Å². The molecule has 1 fully saturated rings. The molecule has 4 N–H and O–H groups in total. The van der Waals surface area contributed by atoms with E-state index in [2.05, 4.69) is 20.8 Å². The fourth-order valence-corrected chi connectivity index (χ4v) is 5.47. The van der Waals surface area contributed by atoms with Crippen LogP contribution in [0, 0.1) is 0 Å². The highest BCUT2D eigenvalue weighted by molar-refractivity contribution is 7.99. The fourth-order valence-electron chi connectivity index (χ4n) is 4.56. The molecule has 1 saturated heterocycles. The molecule has 2 heterocycles. The van der Waals surface area contributed by atoms with Gasteiger partial charge in [0.15, 0.2) is 6.29 Å². The predicted molar refractivity (Wildman–Crippen MR) is 157 cm³/mol. The zero-order chi connectivity index (χ0) is 30.2. The van der Waals surface area contributed by atoms with Gasteiger partial charge in [0.25, 0.3) is 0 Å². The summed E-state index contributed by atoms with van der Waals surface area (Å²) in [5.74, 6) is -0.498. The Kier molecular flexibility index (Phi) is 10.00. The molecule has 1 aliphatic heterocycles. The zero-order valence-corrected chi connectivity index (χ0v) is 23.9. The summed E-state index contributed by atoms with van der Waals surface area (Å²) in [6.07, 6.45) is -0.288. The van der Waals surface area contributed by atoms with Crippen LogP contribution in [0.15, 0.2) is 78.0 Å². The second-order valence-corrected chi connectivity index (χ2v) is 11.0. The lowest BCUT2D eigenvalue weighted by Crippen LogP contribution is -2.31. The van der Waals surface area contributed by atoms with Crippen LogP contribution in [0.2, 0.25) is 0 Å². The van der Waals surface area contributed by atoms with Crippen LogP contribution >= 0.6 is 11.8 Å². The number of tetrazole rings is 1. The molecule has 4 aromatic rings. The summed E-state index contributed by atoms with van der Waals surface area (Å²) in [6, 6.07) is 21.4.